The van der Waals surface area contributed by atoms with E-state index in [0.717, 1.165) is 17.9 Å². The van der Waals surface area contributed by atoms with Gasteiger partial charge in [0.05, 0.1) is 5.56 Å². The van der Waals surface area contributed by atoms with Gasteiger partial charge in [-0.15, -0.1) is 0 Å². The Labute approximate surface area is 110 Å². The molecule has 1 aromatic rings. The first-order valence-electron chi connectivity index (χ1n) is 6.82. The van der Waals surface area contributed by atoms with Crippen molar-refractivity contribution in [2.24, 2.45) is 17.8 Å². The molecule has 2 aliphatic carbocycles. The summed E-state index contributed by atoms with van der Waals surface area (Å²) in [6.07, 6.45) is 1.99. The van der Waals surface area contributed by atoms with Gasteiger partial charge in [0.2, 0.25) is 0 Å². The van der Waals surface area contributed by atoms with Crippen molar-refractivity contribution in [2.45, 2.75) is 31.9 Å². The molecule has 0 spiro atoms. The predicted molar refractivity (Wildman–Crippen MR) is 66.7 cm³/mol. The Hall–Kier alpha value is -1.26. The van der Waals surface area contributed by atoms with E-state index in [4.69, 9.17) is 0 Å². The zero-order valence-electron chi connectivity index (χ0n) is 10.6. The number of alkyl halides is 3. The van der Waals surface area contributed by atoms with Crippen LogP contribution in [0.5, 0.6) is 0 Å². The number of halogens is 3. The quantitative estimate of drug-likeness (QED) is 0.876. The van der Waals surface area contributed by atoms with Gasteiger partial charge in [0.1, 0.15) is 5.82 Å². The number of anilines is 1. The lowest BCUT2D eigenvalue weighted by Gasteiger charge is -2.18. The van der Waals surface area contributed by atoms with Gasteiger partial charge in [-0.1, -0.05) is 0 Å². The number of pyridine rings is 1. The van der Waals surface area contributed by atoms with Gasteiger partial charge in [-0.25, -0.2) is 4.98 Å². The third-order valence-corrected chi connectivity index (χ3v) is 4.07. The molecule has 0 unspecified atom stereocenters. The first-order valence-corrected chi connectivity index (χ1v) is 6.82. The Balaban J connectivity index is 1.69. The first-order chi connectivity index (χ1) is 9.05. The maximum Gasteiger partial charge on any atom is 0.419 e. The number of hydrogen-bond donors (Lipinski definition) is 1. The SMILES string of the molecule is FC(F)(F)c1cccnc1NCC(C1CC1)C1CC1. The summed E-state index contributed by atoms with van der Waals surface area (Å²) in [7, 11) is 0. The number of nitrogens with one attached hydrogen (secondary N) is 1. The fourth-order valence-electron chi connectivity index (χ4n) is 2.76. The molecule has 2 nitrogen and oxygen atoms in total. The molecule has 0 bridgehead atoms. The van der Waals surface area contributed by atoms with Gasteiger partial charge in [0.15, 0.2) is 0 Å². The molecule has 3 rings (SSSR count). The van der Waals surface area contributed by atoms with E-state index in [0.29, 0.717) is 12.5 Å². The van der Waals surface area contributed by atoms with Gasteiger partial charge in [0.25, 0.3) is 0 Å². The van der Waals surface area contributed by atoms with Crippen molar-refractivity contribution in [2.75, 3.05) is 11.9 Å². The zero-order chi connectivity index (χ0) is 13.5. The molecule has 0 amide bonds. The minimum Gasteiger partial charge on any atom is -0.369 e. The number of rotatable bonds is 5. The molecule has 0 atom stereocenters. The zero-order valence-corrected chi connectivity index (χ0v) is 10.6. The van der Waals surface area contributed by atoms with Crippen molar-refractivity contribution in [1.82, 2.24) is 4.98 Å². The molecule has 19 heavy (non-hydrogen) atoms. The van der Waals surface area contributed by atoms with Crippen LogP contribution in [0.3, 0.4) is 0 Å². The van der Waals surface area contributed by atoms with Crippen LogP contribution in [-0.2, 0) is 6.18 Å². The molecule has 0 saturated heterocycles. The van der Waals surface area contributed by atoms with Crippen molar-refractivity contribution in [1.29, 1.82) is 0 Å². The van der Waals surface area contributed by atoms with Crippen LogP contribution in [0.25, 0.3) is 0 Å². The summed E-state index contributed by atoms with van der Waals surface area (Å²) < 4.78 is 38.5. The van der Waals surface area contributed by atoms with E-state index in [1.54, 1.807) is 0 Å². The highest BCUT2D eigenvalue weighted by atomic mass is 19.4. The summed E-state index contributed by atoms with van der Waals surface area (Å²) in [4.78, 5) is 3.85. The Morgan fingerprint density at radius 1 is 1.21 bits per heavy atom. The maximum absolute atomic E-state index is 12.8. The van der Waals surface area contributed by atoms with Gasteiger partial charge in [-0.05, 0) is 55.6 Å². The minimum absolute atomic E-state index is 0.0266. The van der Waals surface area contributed by atoms with Crippen molar-refractivity contribution < 1.29 is 13.2 Å². The van der Waals surface area contributed by atoms with Gasteiger partial charge < -0.3 is 5.32 Å². The topological polar surface area (TPSA) is 24.9 Å². The van der Waals surface area contributed by atoms with Crippen molar-refractivity contribution in [3.8, 4) is 0 Å². The van der Waals surface area contributed by atoms with E-state index in [-0.39, 0.29) is 5.82 Å². The Kier molecular flexibility index (Phi) is 3.15. The standard InChI is InChI=1S/C14H17F3N2/c15-14(16,17)12-2-1-7-18-13(12)19-8-11(9-3-4-9)10-5-6-10/h1-2,7,9-11H,3-6,8H2,(H,18,19). The maximum atomic E-state index is 12.8. The molecule has 1 heterocycles. The second-order valence-electron chi connectivity index (χ2n) is 5.62. The van der Waals surface area contributed by atoms with Gasteiger partial charge in [-0.2, -0.15) is 13.2 Å². The lowest BCUT2D eigenvalue weighted by Crippen LogP contribution is -2.21. The smallest absolute Gasteiger partial charge is 0.369 e. The van der Waals surface area contributed by atoms with Crippen molar-refractivity contribution >= 4 is 5.82 Å². The summed E-state index contributed by atoms with van der Waals surface area (Å²) in [6.45, 7) is 0.620. The van der Waals surface area contributed by atoms with E-state index < -0.39 is 11.7 Å². The Morgan fingerprint density at radius 2 is 1.84 bits per heavy atom. The van der Waals surface area contributed by atoms with Gasteiger partial charge >= 0.3 is 6.18 Å². The van der Waals surface area contributed by atoms with Crippen LogP contribution in [0, 0.1) is 17.8 Å². The highest BCUT2D eigenvalue weighted by Gasteiger charge is 2.41. The van der Waals surface area contributed by atoms with Crippen LogP contribution in [0.1, 0.15) is 31.2 Å². The molecular weight excluding hydrogens is 253 g/mol. The molecular formula is C14H17F3N2. The lowest BCUT2D eigenvalue weighted by molar-refractivity contribution is -0.137. The van der Waals surface area contributed by atoms with Crippen LogP contribution in [0.4, 0.5) is 19.0 Å². The average molecular weight is 270 g/mol. The summed E-state index contributed by atoms with van der Waals surface area (Å²) in [5, 5.41) is 2.93. The van der Waals surface area contributed by atoms with Crippen LogP contribution >= 0.6 is 0 Å². The molecule has 1 aromatic heterocycles. The summed E-state index contributed by atoms with van der Waals surface area (Å²) in [6, 6.07) is 2.41. The first kappa shape index (κ1) is 12.8. The summed E-state index contributed by atoms with van der Waals surface area (Å²) >= 11 is 0. The molecule has 0 radical (unpaired) electrons. The van der Waals surface area contributed by atoms with Crippen LogP contribution in [0.15, 0.2) is 18.3 Å². The minimum atomic E-state index is -4.34. The second-order valence-corrected chi connectivity index (χ2v) is 5.62. The fourth-order valence-corrected chi connectivity index (χ4v) is 2.76. The number of hydrogen-bond acceptors (Lipinski definition) is 2. The lowest BCUT2D eigenvalue weighted by atomic mass is 9.98. The van der Waals surface area contributed by atoms with E-state index in [9.17, 15) is 13.2 Å². The molecule has 1 N–H and O–H groups in total. The predicted octanol–water partition coefficient (Wildman–Crippen LogP) is 3.95. The Bertz CT molecular complexity index is 438. The fraction of sp³-hybridized carbons (Fsp3) is 0.643. The molecule has 2 aliphatic rings. The molecule has 2 saturated carbocycles. The van der Waals surface area contributed by atoms with E-state index in [1.165, 1.54) is 37.9 Å². The molecule has 0 aromatic carbocycles. The average Bonchev–Trinajstić information content (AvgIpc) is 3.23. The Morgan fingerprint density at radius 3 is 2.37 bits per heavy atom. The normalized spacial score (nSPS) is 19.8. The van der Waals surface area contributed by atoms with Crippen LogP contribution in [0.2, 0.25) is 0 Å². The highest BCUT2D eigenvalue weighted by molar-refractivity contribution is 5.45. The largest absolute Gasteiger partial charge is 0.419 e. The van der Waals surface area contributed by atoms with Crippen LogP contribution in [-0.4, -0.2) is 11.5 Å². The summed E-state index contributed by atoms with van der Waals surface area (Å²) in [5.41, 5.74) is -0.666. The molecule has 2 fully saturated rings. The van der Waals surface area contributed by atoms with E-state index in [2.05, 4.69) is 10.3 Å². The van der Waals surface area contributed by atoms with E-state index >= 15 is 0 Å². The second kappa shape index (κ2) is 4.69. The molecule has 0 aliphatic heterocycles. The number of aromatic nitrogens is 1. The monoisotopic (exact) mass is 270 g/mol. The van der Waals surface area contributed by atoms with Crippen LogP contribution < -0.4 is 5.32 Å². The highest BCUT2D eigenvalue weighted by Crippen LogP contribution is 2.49. The third-order valence-electron chi connectivity index (χ3n) is 4.07. The van der Waals surface area contributed by atoms with Crippen molar-refractivity contribution in [3.05, 3.63) is 23.9 Å². The van der Waals surface area contributed by atoms with Gasteiger partial charge in [-0.3, -0.25) is 0 Å². The van der Waals surface area contributed by atoms with E-state index in [1.807, 2.05) is 0 Å². The van der Waals surface area contributed by atoms with Crippen molar-refractivity contribution in [3.63, 3.8) is 0 Å². The van der Waals surface area contributed by atoms with Gasteiger partial charge in [0, 0.05) is 12.7 Å². The molecule has 5 heteroatoms. The third kappa shape index (κ3) is 3.01. The summed E-state index contributed by atoms with van der Waals surface area (Å²) in [5.74, 6) is 1.94. The number of nitrogens with zero attached hydrogens (tertiary/aromatic N) is 1. The molecule has 104 valence electrons.